The Balaban J connectivity index is 1.44. The van der Waals surface area contributed by atoms with Gasteiger partial charge in [0, 0.05) is 11.4 Å². The van der Waals surface area contributed by atoms with Gasteiger partial charge in [-0.3, -0.25) is 4.79 Å². The first-order chi connectivity index (χ1) is 11.2. The maximum atomic E-state index is 12.5. The van der Waals surface area contributed by atoms with E-state index in [1.54, 1.807) is 0 Å². The first-order valence-corrected chi connectivity index (χ1v) is 8.65. The number of fused-ring (bicyclic) bond motifs is 3. The molecule has 3 nitrogen and oxygen atoms in total. The van der Waals surface area contributed by atoms with E-state index in [9.17, 15) is 4.79 Å². The normalized spacial score (nSPS) is 27.1. The summed E-state index contributed by atoms with van der Waals surface area (Å²) in [6, 6.07) is 14.4. The van der Waals surface area contributed by atoms with Gasteiger partial charge in [-0.05, 0) is 49.5 Å². The van der Waals surface area contributed by atoms with E-state index in [1.165, 1.54) is 19.3 Å². The molecule has 120 valence electrons. The molecule has 1 amide bonds. The van der Waals surface area contributed by atoms with E-state index in [2.05, 4.69) is 17.4 Å². The Labute approximate surface area is 137 Å². The van der Waals surface area contributed by atoms with Crippen molar-refractivity contribution in [3.8, 4) is 5.75 Å². The summed E-state index contributed by atoms with van der Waals surface area (Å²) in [5, 5.41) is 5.40. The molecule has 2 fully saturated rings. The lowest BCUT2D eigenvalue weighted by Crippen LogP contribution is -2.44. The number of amides is 1. The van der Waals surface area contributed by atoms with Crippen molar-refractivity contribution in [3.63, 3.8) is 0 Å². The average molecular weight is 309 g/mol. The van der Waals surface area contributed by atoms with Gasteiger partial charge < -0.3 is 10.1 Å². The van der Waals surface area contributed by atoms with Gasteiger partial charge in [0.25, 0.3) is 5.91 Å². The fraction of sp³-hybridized carbons (Fsp3) is 0.450. The molecule has 1 N–H and O–H groups in total. The van der Waals surface area contributed by atoms with Crippen molar-refractivity contribution in [1.82, 2.24) is 5.32 Å². The van der Waals surface area contributed by atoms with Gasteiger partial charge in [0.2, 0.25) is 0 Å². The minimum absolute atomic E-state index is 0.00971. The van der Waals surface area contributed by atoms with Gasteiger partial charge in [0.1, 0.15) is 5.75 Å². The highest BCUT2D eigenvalue weighted by atomic mass is 16.5. The van der Waals surface area contributed by atoms with Crippen LogP contribution in [-0.4, -0.2) is 18.1 Å². The molecule has 23 heavy (non-hydrogen) atoms. The number of hydrogen-bond donors (Lipinski definition) is 1. The van der Waals surface area contributed by atoms with Gasteiger partial charge in [-0.1, -0.05) is 42.8 Å². The predicted octanol–water partition coefficient (Wildman–Crippen LogP) is 3.91. The fourth-order valence-electron chi connectivity index (χ4n) is 4.26. The van der Waals surface area contributed by atoms with Gasteiger partial charge in [-0.2, -0.15) is 0 Å². The van der Waals surface area contributed by atoms with Crippen molar-refractivity contribution in [2.45, 2.75) is 44.8 Å². The number of rotatable bonds is 4. The maximum absolute atomic E-state index is 12.5. The Kier molecular flexibility index (Phi) is 3.72. The van der Waals surface area contributed by atoms with Crippen molar-refractivity contribution < 1.29 is 9.53 Å². The minimum Gasteiger partial charge on any atom is -0.480 e. The third-order valence-electron chi connectivity index (χ3n) is 5.49. The van der Waals surface area contributed by atoms with Crippen molar-refractivity contribution in [3.05, 3.63) is 42.5 Å². The molecule has 0 spiro atoms. The van der Waals surface area contributed by atoms with E-state index < -0.39 is 6.10 Å². The van der Waals surface area contributed by atoms with Crippen LogP contribution < -0.4 is 10.1 Å². The second kappa shape index (κ2) is 5.88. The van der Waals surface area contributed by atoms with Gasteiger partial charge in [0.15, 0.2) is 6.10 Å². The van der Waals surface area contributed by atoms with Crippen LogP contribution in [0.15, 0.2) is 42.5 Å². The van der Waals surface area contributed by atoms with Crippen LogP contribution in [-0.2, 0) is 4.79 Å². The fourth-order valence-corrected chi connectivity index (χ4v) is 4.26. The molecule has 2 aliphatic carbocycles. The minimum atomic E-state index is -0.472. The lowest BCUT2D eigenvalue weighted by Gasteiger charge is -2.25. The number of nitrogens with one attached hydrogen (secondary N) is 1. The zero-order valence-corrected chi connectivity index (χ0v) is 13.5. The summed E-state index contributed by atoms with van der Waals surface area (Å²) in [5.74, 6) is 2.31. The first kappa shape index (κ1) is 14.6. The number of ether oxygens (including phenoxy) is 1. The first-order valence-electron chi connectivity index (χ1n) is 8.65. The lowest BCUT2D eigenvalue weighted by molar-refractivity contribution is -0.128. The van der Waals surface area contributed by atoms with Crippen molar-refractivity contribution in [2.24, 2.45) is 11.8 Å². The van der Waals surface area contributed by atoms with E-state index in [4.69, 9.17) is 4.74 Å². The summed E-state index contributed by atoms with van der Waals surface area (Å²) in [5.41, 5.74) is 0. The van der Waals surface area contributed by atoms with E-state index in [-0.39, 0.29) is 5.91 Å². The van der Waals surface area contributed by atoms with Crippen LogP contribution in [0, 0.1) is 11.8 Å². The number of carbonyl (C=O) groups is 1. The standard InChI is InChI=1S/C20H23NO2/c1-13(20(22)21-18-12-14-9-10-16(18)11-14)23-19-8-4-6-15-5-2-3-7-17(15)19/h2-8,13-14,16,18H,9-12H2,1H3,(H,21,22)/t13-,14+,16+,18+/m1/s1. The van der Waals surface area contributed by atoms with Gasteiger partial charge >= 0.3 is 0 Å². The molecular weight excluding hydrogens is 286 g/mol. The third-order valence-corrected chi connectivity index (χ3v) is 5.49. The summed E-state index contributed by atoms with van der Waals surface area (Å²) in [6.07, 6.45) is 4.59. The Bertz CT molecular complexity index is 721. The van der Waals surface area contributed by atoms with Crippen LogP contribution in [0.25, 0.3) is 10.8 Å². The predicted molar refractivity (Wildman–Crippen MR) is 91.4 cm³/mol. The zero-order valence-electron chi connectivity index (χ0n) is 13.5. The molecular formula is C20H23NO2. The van der Waals surface area contributed by atoms with Crippen molar-refractivity contribution >= 4 is 16.7 Å². The molecule has 2 aliphatic rings. The molecule has 0 aliphatic heterocycles. The van der Waals surface area contributed by atoms with Crippen LogP contribution in [0.5, 0.6) is 5.75 Å². The summed E-state index contributed by atoms with van der Waals surface area (Å²) < 4.78 is 5.97. The van der Waals surface area contributed by atoms with E-state index >= 15 is 0 Å². The highest BCUT2D eigenvalue weighted by molar-refractivity contribution is 5.89. The number of carbonyl (C=O) groups excluding carboxylic acids is 1. The average Bonchev–Trinajstić information content (AvgIpc) is 3.18. The molecule has 0 unspecified atom stereocenters. The van der Waals surface area contributed by atoms with Gasteiger partial charge in [-0.15, -0.1) is 0 Å². The maximum Gasteiger partial charge on any atom is 0.261 e. The molecule has 0 heterocycles. The molecule has 2 aromatic carbocycles. The van der Waals surface area contributed by atoms with E-state index in [0.29, 0.717) is 12.0 Å². The summed E-state index contributed by atoms with van der Waals surface area (Å²) in [4.78, 5) is 12.5. The number of benzene rings is 2. The van der Waals surface area contributed by atoms with Crippen LogP contribution >= 0.6 is 0 Å². The molecule has 4 atom stereocenters. The molecule has 2 saturated carbocycles. The SMILES string of the molecule is C[C@@H](Oc1cccc2ccccc12)C(=O)N[C@H]1C[C@H]2CC[C@H]1C2. The van der Waals surface area contributed by atoms with Crippen LogP contribution in [0.2, 0.25) is 0 Å². The quantitative estimate of drug-likeness (QED) is 0.930. The van der Waals surface area contributed by atoms with Crippen molar-refractivity contribution in [2.75, 3.05) is 0 Å². The van der Waals surface area contributed by atoms with Crippen molar-refractivity contribution in [1.29, 1.82) is 0 Å². The lowest BCUT2D eigenvalue weighted by atomic mass is 9.95. The Hall–Kier alpha value is -2.03. The molecule has 2 aromatic rings. The number of hydrogen-bond acceptors (Lipinski definition) is 2. The molecule has 0 aromatic heterocycles. The molecule has 3 heteroatoms. The molecule has 0 radical (unpaired) electrons. The topological polar surface area (TPSA) is 38.3 Å². The largest absolute Gasteiger partial charge is 0.480 e. The van der Waals surface area contributed by atoms with Gasteiger partial charge in [0.05, 0.1) is 0 Å². The smallest absolute Gasteiger partial charge is 0.261 e. The van der Waals surface area contributed by atoms with Crippen LogP contribution in [0.1, 0.15) is 32.6 Å². The summed E-state index contributed by atoms with van der Waals surface area (Å²) in [7, 11) is 0. The van der Waals surface area contributed by atoms with Crippen LogP contribution in [0.4, 0.5) is 0 Å². The van der Waals surface area contributed by atoms with Gasteiger partial charge in [-0.25, -0.2) is 0 Å². The second-order valence-corrected chi connectivity index (χ2v) is 7.03. The molecule has 0 saturated heterocycles. The van der Waals surface area contributed by atoms with E-state index in [1.807, 2.05) is 37.3 Å². The molecule has 4 rings (SSSR count). The van der Waals surface area contributed by atoms with E-state index in [0.717, 1.165) is 28.9 Å². The third kappa shape index (κ3) is 2.80. The highest BCUT2D eigenvalue weighted by Crippen LogP contribution is 2.44. The summed E-state index contributed by atoms with van der Waals surface area (Å²) in [6.45, 7) is 1.84. The van der Waals surface area contributed by atoms with Crippen LogP contribution in [0.3, 0.4) is 0 Å². The second-order valence-electron chi connectivity index (χ2n) is 7.03. The Morgan fingerprint density at radius 3 is 2.74 bits per heavy atom. The zero-order chi connectivity index (χ0) is 15.8. The Morgan fingerprint density at radius 1 is 1.13 bits per heavy atom. The Morgan fingerprint density at radius 2 is 1.96 bits per heavy atom. The monoisotopic (exact) mass is 309 g/mol. The molecule has 2 bridgehead atoms. The highest BCUT2D eigenvalue weighted by Gasteiger charge is 2.40. The summed E-state index contributed by atoms with van der Waals surface area (Å²) >= 11 is 0.